The number of para-hydroxylation sites is 3. The van der Waals surface area contributed by atoms with E-state index in [1.165, 1.54) is 0 Å². The van der Waals surface area contributed by atoms with E-state index in [-0.39, 0.29) is 0 Å². The van der Waals surface area contributed by atoms with Gasteiger partial charge in [-0.2, -0.15) is 5.26 Å². The Labute approximate surface area is 156 Å². The first-order chi connectivity index (χ1) is 13.2. The van der Waals surface area contributed by atoms with Crippen molar-refractivity contribution in [2.75, 3.05) is 10.6 Å². The van der Waals surface area contributed by atoms with Crippen LogP contribution in [0.3, 0.4) is 0 Å². The van der Waals surface area contributed by atoms with E-state index in [1.54, 1.807) is 60.7 Å². The molecule has 2 N–H and O–H groups in total. The molecule has 0 radical (unpaired) electrons. The smallest absolute Gasteiger partial charge is 0.314 e. The lowest BCUT2D eigenvalue weighted by atomic mass is 10.2. The molecule has 0 saturated carbocycles. The number of rotatable bonds is 4. The van der Waals surface area contributed by atoms with Crippen LogP contribution in [0.1, 0.15) is 5.56 Å². The van der Waals surface area contributed by atoms with Crippen LogP contribution >= 0.6 is 0 Å². The van der Waals surface area contributed by atoms with Crippen LogP contribution in [0.2, 0.25) is 0 Å². The van der Waals surface area contributed by atoms with Crippen molar-refractivity contribution in [3.05, 3.63) is 84.4 Å². The third kappa shape index (κ3) is 4.71. The lowest BCUT2D eigenvalue weighted by molar-refractivity contribution is -0.133. The Kier molecular flexibility index (Phi) is 5.45. The second kappa shape index (κ2) is 8.32. The van der Waals surface area contributed by atoms with E-state index in [0.29, 0.717) is 28.4 Å². The number of nitriles is 1. The molecule has 6 heteroatoms. The molecule has 3 rings (SSSR count). The Morgan fingerprint density at radius 3 is 2.11 bits per heavy atom. The van der Waals surface area contributed by atoms with Crippen LogP contribution in [0, 0.1) is 11.3 Å². The van der Waals surface area contributed by atoms with Gasteiger partial charge in [0.05, 0.1) is 17.3 Å². The summed E-state index contributed by atoms with van der Waals surface area (Å²) in [4.78, 5) is 24.3. The van der Waals surface area contributed by atoms with Crippen molar-refractivity contribution in [3.63, 3.8) is 0 Å². The normalized spacial score (nSPS) is 9.74. The van der Waals surface area contributed by atoms with Gasteiger partial charge in [0.1, 0.15) is 5.75 Å². The number of anilines is 2. The van der Waals surface area contributed by atoms with Gasteiger partial charge in [-0.25, -0.2) is 0 Å². The molecule has 0 aliphatic rings. The Hall–Kier alpha value is -4.11. The van der Waals surface area contributed by atoms with Gasteiger partial charge < -0.3 is 15.4 Å². The fourth-order valence-electron chi connectivity index (χ4n) is 2.27. The standard InChI is InChI=1S/C21H15N3O3/c22-14-15-10-12-16(13-11-15)23-20(25)21(26)24-18-8-4-5-9-19(18)27-17-6-2-1-3-7-17/h1-13H,(H,23,25)(H,24,26). The summed E-state index contributed by atoms with van der Waals surface area (Å²) < 4.78 is 5.76. The average Bonchev–Trinajstić information content (AvgIpc) is 2.71. The predicted molar refractivity (Wildman–Crippen MR) is 101 cm³/mol. The fraction of sp³-hybridized carbons (Fsp3) is 0. The van der Waals surface area contributed by atoms with Gasteiger partial charge >= 0.3 is 11.8 Å². The van der Waals surface area contributed by atoms with Gasteiger partial charge in [-0.3, -0.25) is 9.59 Å². The Morgan fingerprint density at radius 2 is 1.41 bits per heavy atom. The molecular weight excluding hydrogens is 342 g/mol. The number of carbonyl (C=O) groups excluding carboxylic acids is 2. The van der Waals surface area contributed by atoms with E-state index in [9.17, 15) is 9.59 Å². The number of benzene rings is 3. The highest BCUT2D eigenvalue weighted by molar-refractivity contribution is 6.43. The minimum Gasteiger partial charge on any atom is -0.455 e. The molecule has 0 spiro atoms. The first-order valence-electron chi connectivity index (χ1n) is 8.10. The van der Waals surface area contributed by atoms with E-state index in [2.05, 4.69) is 10.6 Å². The summed E-state index contributed by atoms with van der Waals surface area (Å²) in [6, 6.07) is 24.1. The third-order valence-corrected chi connectivity index (χ3v) is 3.58. The van der Waals surface area contributed by atoms with Crippen molar-refractivity contribution in [1.29, 1.82) is 5.26 Å². The Morgan fingerprint density at radius 1 is 0.778 bits per heavy atom. The van der Waals surface area contributed by atoms with Crippen LogP contribution < -0.4 is 15.4 Å². The van der Waals surface area contributed by atoms with Gasteiger partial charge in [0, 0.05) is 5.69 Å². The summed E-state index contributed by atoms with van der Waals surface area (Å²) in [7, 11) is 0. The second-order valence-corrected chi connectivity index (χ2v) is 5.51. The van der Waals surface area contributed by atoms with Crippen LogP contribution in [0.25, 0.3) is 0 Å². The maximum absolute atomic E-state index is 12.2. The van der Waals surface area contributed by atoms with Gasteiger partial charge in [0.2, 0.25) is 0 Å². The van der Waals surface area contributed by atoms with E-state index in [0.717, 1.165) is 0 Å². The molecule has 0 aliphatic heterocycles. The molecule has 6 nitrogen and oxygen atoms in total. The molecule has 0 aliphatic carbocycles. The van der Waals surface area contributed by atoms with Gasteiger partial charge in [-0.05, 0) is 48.5 Å². The number of nitrogens with zero attached hydrogens (tertiary/aromatic N) is 1. The molecule has 0 heterocycles. The molecule has 0 atom stereocenters. The second-order valence-electron chi connectivity index (χ2n) is 5.51. The zero-order valence-electron chi connectivity index (χ0n) is 14.2. The topological polar surface area (TPSA) is 91.2 Å². The molecule has 27 heavy (non-hydrogen) atoms. The maximum atomic E-state index is 12.2. The largest absolute Gasteiger partial charge is 0.455 e. The van der Waals surface area contributed by atoms with Gasteiger partial charge in [0.15, 0.2) is 5.75 Å². The molecule has 132 valence electrons. The number of ether oxygens (including phenoxy) is 1. The molecule has 0 aromatic heterocycles. The molecule has 0 saturated heterocycles. The molecule has 3 aromatic rings. The minimum atomic E-state index is -0.830. The van der Waals surface area contributed by atoms with Gasteiger partial charge in [-0.1, -0.05) is 30.3 Å². The summed E-state index contributed by atoms with van der Waals surface area (Å²) >= 11 is 0. The lowest BCUT2D eigenvalue weighted by Crippen LogP contribution is -2.29. The highest BCUT2D eigenvalue weighted by atomic mass is 16.5. The van der Waals surface area contributed by atoms with E-state index in [4.69, 9.17) is 10.00 Å². The van der Waals surface area contributed by atoms with Gasteiger partial charge in [0.25, 0.3) is 0 Å². The molecule has 0 unspecified atom stereocenters. The van der Waals surface area contributed by atoms with E-state index >= 15 is 0 Å². The van der Waals surface area contributed by atoms with Crippen molar-refractivity contribution >= 4 is 23.2 Å². The molecule has 0 fully saturated rings. The Bertz CT molecular complexity index is 993. The van der Waals surface area contributed by atoms with Crippen LogP contribution in [-0.2, 0) is 9.59 Å². The van der Waals surface area contributed by atoms with Crippen LogP contribution in [-0.4, -0.2) is 11.8 Å². The van der Waals surface area contributed by atoms with Crippen LogP contribution in [0.15, 0.2) is 78.9 Å². The Balaban J connectivity index is 1.68. The van der Waals surface area contributed by atoms with Crippen molar-refractivity contribution in [2.24, 2.45) is 0 Å². The number of nitrogens with one attached hydrogen (secondary N) is 2. The average molecular weight is 357 g/mol. The summed E-state index contributed by atoms with van der Waals surface area (Å²) in [5.74, 6) is -0.623. The quantitative estimate of drug-likeness (QED) is 0.692. The highest BCUT2D eigenvalue weighted by Gasteiger charge is 2.16. The predicted octanol–water partition coefficient (Wildman–Crippen LogP) is 3.93. The van der Waals surface area contributed by atoms with Crippen LogP contribution in [0.4, 0.5) is 11.4 Å². The highest BCUT2D eigenvalue weighted by Crippen LogP contribution is 2.29. The zero-order chi connectivity index (χ0) is 19.1. The van der Waals surface area contributed by atoms with Crippen molar-refractivity contribution in [1.82, 2.24) is 0 Å². The number of amides is 2. The third-order valence-electron chi connectivity index (χ3n) is 3.58. The first kappa shape index (κ1) is 17.7. The first-order valence-corrected chi connectivity index (χ1v) is 8.10. The lowest BCUT2D eigenvalue weighted by Gasteiger charge is -2.12. The SMILES string of the molecule is N#Cc1ccc(NC(=O)C(=O)Nc2ccccc2Oc2ccccc2)cc1. The number of hydrogen-bond acceptors (Lipinski definition) is 4. The minimum absolute atomic E-state index is 0.376. The van der Waals surface area contributed by atoms with Crippen molar-refractivity contribution in [3.8, 4) is 17.6 Å². The summed E-state index contributed by atoms with van der Waals surface area (Å²) in [6.07, 6.45) is 0. The summed E-state index contributed by atoms with van der Waals surface area (Å²) in [5, 5.41) is 13.8. The molecule has 3 aromatic carbocycles. The maximum Gasteiger partial charge on any atom is 0.314 e. The number of hydrogen-bond donors (Lipinski definition) is 2. The van der Waals surface area contributed by atoms with Crippen LogP contribution in [0.5, 0.6) is 11.5 Å². The molecule has 0 bridgehead atoms. The number of carbonyl (C=O) groups is 2. The van der Waals surface area contributed by atoms with Crippen molar-refractivity contribution in [2.45, 2.75) is 0 Å². The van der Waals surface area contributed by atoms with E-state index < -0.39 is 11.8 Å². The molecular formula is C21H15N3O3. The van der Waals surface area contributed by atoms with Crippen molar-refractivity contribution < 1.29 is 14.3 Å². The monoisotopic (exact) mass is 357 g/mol. The summed E-state index contributed by atoms with van der Waals surface area (Å²) in [6.45, 7) is 0. The molecule has 2 amide bonds. The zero-order valence-corrected chi connectivity index (χ0v) is 14.2. The summed E-state index contributed by atoms with van der Waals surface area (Å²) in [5.41, 5.74) is 1.26. The fourth-order valence-corrected chi connectivity index (χ4v) is 2.27. The van der Waals surface area contributed by atoms with E-state index in [1.807, 2.05) is 24.3 Å². The van der Waals surface area contributed by atoms with Gasteiger partial charge in [-0.15, -0.1) is 0 Å².